The van der Waals surface area contributed by atoms with Crippen LogP contribution in [0.5, 0.6) is 0 Å². The van der Waals surface area contributed by atoms with Crippen LogP contribution in [0.15, 0.2) is 22.8 Å². The maximum atomic E-state index is 11.9. The standard InChI is InChI=1S/C10H16BrN3O2S/c1-3-12-7-8(2)17(15,16)14-10-9(11)5-4-6-13-10/h4-6,8,12H,3,7H2,1-2H3,(H,13,14). The number of pyridine rings is 1. The third-order valence-electron chi connectivity index (χ3n) is 2.21. The molecule has 0 radical (unpaired) electrons. The van der Waals surface area contributed by atoms with E-state index >= 15 is 0 Å². The smallest absolute Gasteiger partial charge is 0.237 e. The second-order valence-corrected chi connectivity index (χ2v) is 6.55. The zero-order valence-electron chi connectivity index (χ0n) is 9.77. The largest absolute Gasteiger partial charge is 0.316 e. The lowest BCUT2D eigenvalue weighted by Gasteiger charge is -2.15. The minimum atomic E-state index is -3.41. The first-order valence-corrected chi connectivity index (χ1v) is 7.64. The fourth-order valence-electron chi connectivity index (χ4n) is 1.15. The first-order chi connectivity index (χ1) is 7.97. The predicted octanol–water partition coefficient (Wildman–Crippen LogP) is 1.58. The molecule has 7 heteroatoms. The van der Waals surface area contributed by atoms with Crippen molar-refractivity contribution in [3.8, 4) is 0 Å². The lowest BCUT2D eigenvalue weighted by Crippen LogP contribution is -2.35. The molecular weight excluding hydrogens is 306 g/mol. The van der Waals surface area contributed by atoms with Crippen LogP contribution in [0.2, 0.25) is 0 Å². The summed E-state index contributed by atoms with van der Waals surface area (Å²) < 4.78 is 27.0. The van der Waals surface area contributed by atoms with Crippen LogP contribution in [0, 0.1) is 0 Å². The van der Waals surface area contributed by atoms with Crippen LogP contribution in [-0.2, 0) is 10.0 Å². The Labute approximate surface area is 110 Å². The molecule has 0 bridgehead atoms. The molecule has 0 spiro atoms. The van der Waals surface area contributed by atoms with Gasteiger partial charge in [0.05, 0.1) is 9.72 Å². The van der Waals surface area contributed by atoms with E-state index in [-0.39, 0.29) is 0 Å². The Morgan fingerprint density at radius 1 is 1.53 bits per heavy atom. The topological polar surface area (TPSA) is 71.1 Å². The van der Waals surface area contributed by atoms with Gasteiger partial charge in [-0.1, -0.05) is 6.92 Å². The molecule has 1 aromatic heterocycles. The van der Waals surface area contributed by atoms with Crippen molar-refractivity contribution >= 4 is 31.8 Å². The molecule has 5 nitrogen and oxygen atoms in total. The number of halogens is 1. The van der Waals surface area contributed by atoms with Crippen molar-refractivity contribution in [3.63, 3.8) is 0 Å². The number of anilines is 1. The summed E-state index contributed by atoms with van der Waals surface area (Å²) in [4.78, 5) is 3.97. The van der Waals surface area contributed by atoms with Crippen molar-refractivity contribution in [1.29, 1.82) is 0 Å². The molecule has 96 valence electrons. The third kappa shape index (κ3) is 4.25. The number of sulfonamides is 1. The highest BCUT2D eigenvalue weighted by Gasteiger charge is 2.21. The van der Waals surface area contributed by atoms with Gasteiger partial charge in [-0.15, -0.1) is 0 Å². The van der Waals surface area contributed by atoms with Gasteiger partial charge >= 0.3 is 0 Å². The Morgan fingerprint density at radius 2 is 2.24 bits per heavy atom. The van der Waals surface area contributed by atoms with Gasteiger partial charge in [-0.3, -0.25) is 4.72 Å². The van der Waals surface area contributed by atoms with Crippen LogP contribution in [0.1, 0.15) is 13.8 Å². The third-order valence-corrected chi connectivity index (χ3v) is 4.55. The summed E-state index contributed by atoms with van der Waals surface area (Å²) in [6.07, 6.45) is 1.54. The van der Waals surface area contributed by atoms with E-state index in [9.17, 15) is 8.42 Å². The zero-order chi connectivity index (χ0) is 12.9. The monoisotopic (exact) mass is 321 g/mol. The quantitative estimate of drug-likeness (QED) is 0.834. The van der Waals surface area contributed by atoms with Gasteiger partial charge in [0.2, 0.25) is 10.0 Å². The average Bonchev–Trinajstić information content (AvgIpc) is 2.28. The zero-order valence-corrected chi connectivity index (χ0v) is 12.2. The summed E-state index contributed by atoms with van der Waals surface area (Å²) in [5.41, 5.74) is 0. The first-order valence-electron chi connectivity index (χ1n) is 5.30. The van der Waals surface area contributed by atoms with Gasteiger partial charge in [0.15, 0.2) is 5.82 Å². The molecule has 0 aromatic carbocycles. The molecule has 1 unspecified atom stereocenters. The predicted molar refractivity (Wildman–Crippen MR) is 72.5 cm³/mol. The van der Waals surface area contributed by atoms with Crippen LogP contribution >= 0.6 is 15.9 Å². The Hall–Kier alpha value is -0.660. The minimum Gasteiger partial charge on any atom is -0.316 e. The number of nitrogens with one attached hydrogen (secondary N) is 2. The van der Waals surface area contributed by atoms with E-state index in [1.165, 1.54) is 6.20 Å². The van der Waals surface area contributed by atoms with Gasteiger partial charge in [-0.05, 0) is 41.5 Å². The summed E-state index contributed by atoms with van der Waals surface area (Å²) in [5, 5.41) is 2.49. The molecule has 0 aliphatic rings. The molecule has 1 heterocycles. The second-order valence-electron chi connectivity index (χ2n) is 3.60. The normalized spacial score (nSPS) is 13.4. The number of hydrogen-bond donors (Lipinski definition) is 2. The van der Waals surface area contributed by atoms with Crippen molar-refractivity contribution in [3.05, 3.63) is 22.8 Å². The van der Waals surface area contributed by atoms with Gasteiger partial charge in [0.25, 0.3) is 0 Å². The van der Waals surface area contributed by atoms with E-state index in [2.05, 4.69) is 31.0 Å². The highest BCUT2D eigenvalue weighted by Crippen LogP contribution is 2.20. The van der Waals surface area contributed by atoms with Gasteiger partial charge in [0.1, 0.15) is 0 Å². The molecule has 0 aliphatic carbocycles. The van der Waals surface area contributed by atoms with E-state index in [0.717, 1.165) is 6.54 Å². The van der Waals surface area contributed by atoms with Gasteiger partial charge in [-0.25, -0.2) is 13.4 Å². The van der Waals surface area contributed by atoms with E-state index in [1.54, 1.807) is 19.1 Å². The highest BCUT2D eigenvalue weighted by molar-refractivity contribution is 9.10. The fourth-order valence-corrected chi connectivity index (χ4v) is 2.61. The molecule has 1 aromatic rings. The van der Waals surface area contributed by atoms with Gasteiger partial charge in [-0.2, -0.15) is 0 Å². The summed E-state index contributed by atoms with van der Waals surface area (Å²) in [6.45, 7) is 4.74. The van der Waals surface area contributed by atoms with Gasteiger partial charge in [0, 0.05) is 12.7 Å². The van der Waals surface area contributed by atoms with Crippen molar-refractivity contribution < 1.29 is 8.42 Å². The van der Waals surface area contributed by atoms with Gasteiger partial charge < -0.3 is 5.32 Å². The van der Waals surface area contributed by atoms with Crippen LogP contribution in [-0.4, -0.2) is 31.7 Å². The highest BCUT2D eigenvalue weighted by atomic mass is 79.9. The number of hydrogen-bond acceptors (Lipinski definition) is 4. The van der Waals surface area contributed by atoms with Crippen molar-refractivity contribution in [1.82, 2.24) is 10.3 Å². The Kier molecular flexibility index (Phi) is 5.35. The lowest BCUT2D eigenvalue weighted by atomic mass is 10.5. The number of rotatable bonds is 6. The van der Waals surface area contributed by atoms with E-state index in [0.29, 0.717) is 16.8 Å². The van der Waals surface area contributed by atoms with E-state index in [1.807, 2.05) is 6.92 Å². The first kappa shape index (κ1) is 14.4. The molecule has 0 amide bonds. The molecule has 0 saturated carbocycles. The summed E-state index contributed by atoms with van der Waals surface area (Å²) in [6, 6.07) is 3.46. The summed E-state index contributed by atoms with van der Waals surface area (Å²) in [5.74, 6) is 0.316. The lowest BCUT2D eigenvalue weighted by molar-refractivity contribution is 0.579. The SMILES string of the molecule is CCNCC(C)S(=O)(=O)Nc1ncccc1Br. The Balaban J connectivity index is 2.76. The van der Waals surface area contributed by atoms with Crippen LogP contribution in [0.3, 0.4) is 0 Å². The summed E-state index contributed by atoms with van der Waals surface area (Å²) >= 11 is 3.25. The van der Waals surface area contributed by atoms with Crippen LogP contribution in [0.25, 0.3) is 0 Å². The van der Waals surface area contributed by atoms with E-state index < -0.39 is 15.3 Å². The van der Waals surface area contributed by atoms with Crippen molar-refractivity contribution in [2.45, 2.75) is 19.1 Å². The Bertz CT molecular complexity index is 464. The molecule has 2 N–H and O–H groups in total. The molecule has 1 rings (SSSR count). The molecular formula is C10H16BrN3O2S. The Morgan fingerprint density at radius 3 is 2.82 bits per heavy atom. The minimum absolute atomic E-state index is 0.316. The number of nitrogens with zero attached hydrogens (tertiary/aromatic N) is 1. The van der Waals surface area contributed by atoms with Crippen molar-refractivity contribution in [2.24, 2.45) is 0 Å². The van der Waals surface area contributed by atoms with Crippen molar-refractivity contribution in [2.75, 3.05) is 17.8 Å². The van der Waals surface area contributed by atoms with Crippen LogP contribution < -0.4 is 10.0 Å². The number of aromatic nitrogens is 1. The molecule has 1 atom stereocenters. The maximum Gasteiger partial charge on any atom is 0.237 e. The average molecular weight is 322 g/mol. The fraction of sp³-hybridized carbons (Fsp3) is 0.500. The van der Waals surface area contributed by atoms with E-state index in [4.69, 9.17) is 0 Å². The second kappa shape index (κ2) is 6.32. The molecule has 0 aliphatic heterocycles. The van der Waals surface area contributed by atoms with Crippen LogP contribution in [0.4, 0.5) is 5.82 Å². The summed E-state index contributed by atoms with van der Waals surface area (Å²) in [7, 11) is -3.41. The molecule has 17 heavy (non-hydrogen) atoms. The molecule has 0 fully saturated rings. The molecule has 0 saturated heterocycles. The maximum absolute atomic E-state index is 11.9.